The number of hydrogen-bond donors (Lipinski definition) is 1. The van der Waals surface area contributed by atoms with Gasteiger partial charge in [-0.3, -0.25) is 0 Å². The van der Waals surface area contributed by atoms with E-state index in [0.29, 0.717) is 11.7 Å². The molecule has 1 N–H and O–H groups in total. The van der Waals surface area contributed by atoms with Gasteiger partial charge in [-0.25, -0.2) is 0 Å². The maximum atomic E-state index is 5.30. The molecule has 0 unspecified atom stereocenters. The van der Waals surface area contributed by atoms with E-state index in [4.69, 9.17) is 4.52 Å². The van der Waals surface area contributed by atoms with Crippen molar-refractivity contribution in [2.75, 3.05) is 13.1 Å². The van der Waals surface area contributed by atoms with Crippen molar-refractivity contribution in [2.45, 2.75) is 13.3 Å². The molecule has 1 aliphatic heterocycles. The third-order valence-corrected chi connectivity index (χ3v) is 3.82. The number of benzene rings is 1. The third kappa shape index (κ3) is 2.33. The van der Waals surface area contributed by atoms with Crippen LogP contribution < -0.4 is 5.32 Å². The molecule has 3 rings (SSSR count). The Kier molecular flexibility index (Phi) is 3.18. The average Bonchev–Trinajstić information content (AvgIpc) is 2.72. The molecule has 18 heavy (non-hydrogen) atoms. The first-order chi connectivity index (χ1) is 8.72. The van der Waals surface area contributed by atoms with Gasteiger partial charge in [0.1, 0.15) is 0 Å². The van der Waals surface area contributed by atoms with E-state index in [1.807, 2.05) is 12.1 Å². The van der Waals surface area contributed by atoms with E-state index in [9.17, 15) is 0 Å². The van der Waals surface area contributed by atoms with Crippen molar-refractivity contribution in [3.8, 4) is 11.4 Å². The topological polar surface area (TPSA) is 51.0 Å². The largest absolute Gasteiger partial charge is 0.339 e. The molecule has 2 heterocycles. The molecular formula is C13H14BrN3O. The summed E-state index contributed by atoms with van der Waals surface area (Å²) in [7, 11) is 0. The standard InChI is InChI=1S/C13H14BrN3O/c1-8-2-3-10(11(14)4-8)13-16-12(18-17-13)5-9-6-15-7-9/h2-4,9,15H,5-7H2,1H3. The molecule has 0 radical (unpaired) electrons. The third-order valence-electron chi connectivity index (χ3n) is 3.16. The van der Waals surface area contributed by atoms with Gasteiger partial charge in [-0.1, -0.05) is 27.2 Å². The van der Waals surface area contributed by atoms with Gasteiger partial charge in [-0.05, 0) is 43.6 Å². The van der Waals surface area contributed by atoms with E-state index in [-0.39, 0.29) is 0 Å². The van der Waals surface area contributed by atoms with Gasteiger partial charge in [0.25, 0.3) is 0 Å². The van der Waals surface area contributed by atoms with Crippen LogP contribution in [0.3, 0.4) is 0 Å². The highest BCUT2D eigenvalue weighted by molar-refractivity contribution is 9.10. The highest BCUT2D eigenvalue weighted by atomic mass is 79.9. The fourth-order valence-electron chi connectivity index (χ4n) is 1.99. The minimum atomic E-state index is 0.639. The molecule has 1 fully saturated rings. The predicted octanol–water partition coefficient (Wildman–Crippen LogP) is 2.57. The van der Waals surface area contributed by atoms with Gasteiger partial charge in [0.2, 0.25) is 11.7 Å². The second-order valence-corrected chi connectivity index (χ2v) is 5.58. The first-order valence-electron chi connectivity index (χ1n) is 6.02. The second kappa shape index (κ2) is 4.82. The van der Waals surface area contributed by atoms with Crippen LogP contribution in [0.15, 0.2) is 27.2 Å². The Hall–Kier alpha value is -1.20. The van der Waals surface area contributed by atoms with Crippen LogP contribution >= 0.6 is 15.9 Å². The SMILES string of the molecule is Cc1ccc(-c2noc(CC3CNC3)n2)c(Br)c1. The molecule has 0 saturated carbocycles. The number of aryl methyl sites for hydroxylation is 1. The normalized spacial score (nSPS) is 15.7. The molecule has 1 saturated heterocycles. The molecule has 5 heteroatoms. The number of aromatic nitrogens is 2. The molecular weight excluding hydrogens is 294 g/mol. The Labute approximate surface area is 114 Å². The number of halogens is 1. The van der Waals surface area contributed by atoms with Gasteiger partial charge in [-0.2, -0.15) is 4.98 Å². The van der Waals surface area contributed by atoms with Crippen LogP contribution in [0.1, 0.15) is 11.5 Å². The molecule has 0 amide bonds. The van der Waals surface area contributed by atoms with Gasteiger partial charge >= 0.3 is 0 Å². The molecule has 94 valence electrons. The van der Waals surface area contributed by atoms with Crippen molar-refractivity contribution < 1.29 is 4.52 Å². The Morgan fingerprint density at radius 1 is 1.44 bits per heavy atom. The van der Waals surface area contributed by atoms with Gasteiger partial charge < -0.3 is 9.84 Å². The first-order valence-corrected chi connectivity index (χ1v) is 6.81. The van der Waals surface area contributed by atoms with Crippen LogP contribution in [0.25, 0.3) is 11.4 Å². The number of hydrogen-bond acceptors (Lipinski definition) is 4. The Morgan fingerprint density at radius 3 is 2.94 bits per heavy atom. The summed E-state index contributed by atoms with van der Waals surface area (Å²) < 4.78 is 6.30. The van der Waals surface area contributed by atoms with Crippen molar-refractivity contribution in [1.82, 2.24) is 15.5 Å². The summed E-state index contributed by atoms with van der Waals surface area (Å²) in [6.07, 6.45) is 0.865. The molecule has 0 aliphatic carbocycles. The first kappa shape index (κ1) is 11.9. The Morgan fingerprint density at radius 2 is 2.28 bits per heavy atom. The van der Waals surface area contributed by atoms with Gasteiger partial charge in [-0.15, -0.1) is 0 Å². The maximum absolute atomic E-state index is 5.30. The smallest absolute Gasteiger partial charge is 0.227 e. The zero-order valence-corrected chi connectivity index (χ0v) is 11.7. The van der Waals surface area contributed by atoms with Crippen LogP contribution in [0.5, 0.6) is 0 Å². The van der Waals surface area contributed by atoms with E-state index in [2.05, 4.69) is 44.4 Å². The minimum absolute atomic E-state index is 0.639. The lowest BCUT2D eigenvalue weighted by atomic mass is 10.00. The second-order valence-electron chi connectivity index (χ2n) is 4.72. The summed E-state index contributed by atoms with van der Waals surface area (Å²) in [5, 5.41) is 7.29. The van der Waals surface area contributed by atoms with Crippen molar-refractivity contribution >= 4 is 15.9 Å². The van der Waals surface area contributed by atoms with Gasteiger partial charge in [0, 0.05) is 16.5 Å². The summed E-state index contributed by atoms with van der Waals surface area (Å²) in [6, 6.07) is 6.12. The van der Waals surface area contributed by atoms with Crippen LogP contribution in [0.2, 0.25) is 0 Å². The number of rotatable bonds is 3. The molecule has 1 aromatic heterocycles. The molecule has 2 aromatic rings. The molecule has 0 atom stereocenters. The molecule has 1 aromatic carbocycles. The Balaban J connectivity index is 1.83. The lowest BCUT2D eigenvalue weighted by Crippen LogP contribution is -2.43. The van der Waals surface area contributed by atoms with E-state index >= 15 is 0 Å². The monoisotopic (exact) mass is 307 g/mol. The summed E-state index contributed by atoms with van der Waals surface area (Å²) in [5.74, 6) is 2.02. The van der Waals surface area contributed by atoms with Crippen molar-refractivity contribution in [3.63, 3.8) is 0 Å². The van der Waals surface area contributed by atoms with Crippen molar-refractivity contribution in [2.24, 2.45) is 5.92 Å². The van der Waals surface area contributed by atoms with Crippen LogP contribution in [-0.4, -0.2) is 23.2 Å². The molecule has 4 nitrogen and oxygen atoms in total. The summed E-state index contributed by atoms with van der Waals surface area (Å²) in [6.45, 7) is 4.15. The predicted molar refractivity (Wildman–Crippen MR) is 72.2 cm³/mol. The zero-order chi connectivity index (χ0) is 12.5. The fourth-order valence-corrected chi connectivity index (χ4v) is 2.66. The maximum Gasteiger partial charge on any atom is 0.227 e. The lowest BCUT2D eigenvalue weighted by Gasteiger charge is -2.25. The Bertz CT molecular complexity index is 563. The van der Waals surface area contributed by atoms with Crippen LogP contribution in [-0.2, 0) is 6.42 Å². The van der Waals surface area contributed by atoms with Gasteiger partial charge in [0.15, 0.2) is 0 Å². The average molecular weight is 308 g/mol. The summed E-state index contributed by atoms with van der Waals surface area (Å²) >= 11 is 3.54. The van der Waals surface area contributed by atoms with Crippen molar-refractivity contribution in [3.05, 3.63) is 34.1 Å². The highest BCUT2D eigenvalue weighted by Crippen LogP contribution is 2.27. The quantitative estimate of drug-likeness (QED) is 0.947. The van der Waals surface area contributed by atoms with E-state index in [1.54, 1.807) is 0 Å². The number of nitrogens with one attached hydrogen (secondary N) is 1. The van der Waals surface area contributed by atoms with Crippen LogP contribution in [0.4, 0.5) is 0 Å². The van der Waals surface area contributed by atoms with Crippen LogP contribution in [0, 0.1) is 12.8 Å². The number of nitrogens with zero attached hydrogens (tertiary/aromatic N) is 2. The molecule has 0 bridgehead atoms. The van der Waals surface area contributed by atoms with Gasteiger partial charge in [0.05, 0.1) is 0 Å². The highest BCUT2D eigenvalue weighted by Gasteiger charge is 2.21. The minimum Gasteiger partial charge on any atom is -0.339 e. The van der Waals surface area contributed by atoms with E-state index < -0.39 is 0 Å². The summed E-state index contributed by atoms with van der Waals surface area (Å²) in [4.78, 5) is 4.46. The van der Waals surface area contributed by atoms with E-state index in [0.717, 1.165) is 35.4 Å². The molecule has 1 aliphatic rings. The molecule has 0 spiro atoms. The fraction of sp³-hybridized carbons (Fsp3) is 0.385. The lowest BCUT2D eigenvalue weighted by molar-refractivity contribution is 0.296. The zero-order valence-electron chi connectivity index (χ0n) is 10.1. The van der Waals surface area contributed by atoms with Crippen molar-refractivity contribution in [1.29, 1.82) is 0 Å². The summed E-state index contributed by atoms with van der Waals surface area (Å²) in [5.41, 5.74) is 2.18. The van der Waals surface area contributed by atoms with E-state index in [1.165, 1.54) is 5.56 Å².